The van der Waals surface area contributed by atoms with Crippen LogP contribution in [0.2, 0.25) is 0 Å². The summed E-state index contributed by atoms with van der Waals surface area (Å²) in [6, 6.07) is 3.90. The number of rotatable bonds is 2. The SMILES string of the molecule is COc1ccc(C2(N)CCCC2)cn1. The number of pyridine rings is 1. The molecule has 1 aromatic heterocycles. The molecule has 0 bridgehead atoms. The number of hydrogen-bond donors (Lipinski definition) is 1. The van der Waals surface area contributed by atoms with Crippen LogP contribution in [0.3, 0.4) is 0 Å². The Labute approximate surface area is 84.3 Å². The number of hydrogen-bond acceptors (Lipinski definition) is 3. The fraction of sp³-hybridized carbons (Fsp3) is 0.545. The highest BCUT2D eigenvalue weighted by Gasteiger charge is 2.31. The molecule has 0 aromatic carbocycles. The van der Waals surface area contributed by atoms with Gasteiger partial charge in [0, 0.05) is 17.8 Å². The summed E-state index contributed by atoms with van der Waals surface area (Å²) < 4.78 is 5.01. The zero-order valence-electron chi connectivity index (χ0n) is 8.49. The quantitative estimate of drug-likeness (QED) is 0.777. The Morgan fingerprint density at radius 1 is 1.36 bits per heavy atom. The zero-order chi connectivity index (χ0) is 10.0. The fourth-order valence-corrected chi connectivity index (χ4v) is 2.09. The van der Waals surface area contributed by atoms with Crippen molar-refractivity contribution in [2.24, 2.45) is 5.73 Å². The lowest BCUT2D eigenvalue weighted by molar-refractivity contribution is 0.395. The second-order valence-electron chi connectivity index (χ2n) is 3.95. The predicted octanol–water partition coefficient (Wildman–Crippen LogP) is 1.82. The van der Waals surface area contributed by atoms with E-state index < -0.39 is 0 Å². The van der Waals surface area contributed by atoms with E-state index in [1.165, 1.54) is 12.8 Å². The molecule has 2 N–H and O–H groups in total. The molecule has 0 atom stereocenters. The normalized spacial score (nSPS) is 19.6. The second-order valence-corrected chi connectivity index (χ2v) is 3.95. The standard InChI is InChI=1S/C11H16N2O/c1-14-10-5-4-9(8-13-10)11(12)6-2-3-7-11/h4-5,8H,2-3,6-7,12H2,1H3. The molecule has 1 aromatic rings. The Kier molecular flexibility index (Phi) is 2.42. The third-order valence-electron chi connectivity index (χ3n) is 3.02. The van der Waals surface area contributed by atoms with Gasteiger partial charge in [0.25, 0.3) is 0 Å². The molecular formula is C11H16N2O. The number of aromatic nitrogens is 1. The Morgan fingerprint density at radius 2 is 2.07 bits per heavy atom. The Morgan fingerprint density at radius 3 is 2.57 bits per heavy atom. The monoisotopic (exact) mass is 192 g/mol. The van der Waals surface area contributed by atoms with Gasteiger partial charge in [-0.25, -0.2) is 4.98 Å². The first-order chi connectivity index (χ1) is 6.74. The summed E-state index contributed by atoms with van der Waals surface area (Å²) in [6.07, 6.45) is 6.43. The minimum atomic E-state index is -0.140. The Balaban J connectivity index is 2.23. The maximum atomic E-state index is 6.29. The van der Waals surface area contributed by atoms with E-state index in [0.29, 0.717) is 5.88 Å². The smallest absolute Gasteiger partial charge is 0.212 e. The van der Waals surface area contributed by atoms with Crippen LogP contribution in [0.15, 0.2) is 18.3 Å². The highest BCUT2D eigenvalue weighted by atomic mass is 16.5. The maximum absolute atomic E-state index is 6.29. The summed E-state index contributed by atoms with van der Waals surface area (Å²) >= 11 is 0. The summed E-state index contributed by atoms with van der Waals surface area (Å²) in [5.74, 6) is 0.648. The van der Waals surface area contributed by atoms with E-state index in [4.69, 9.17) is 10.5 Å². The van der Waals surface area contributed by atoms with Crippen molar-refractivity contribution in [2.75, 3.05) is 7.11 Å². The summed E-state index contributed by atoms with van der Waals surface area (Å²) in [7, 11) is 1.62. The number of nitrogens with zero attached hydrogens (tertiary/aromatic N) is 1. The van der Waals surface area contributed by atoms with E-state index in [1.54, 1.807) is 7.11 Å². The van der Waals surface area contributed by atoms with Crippen molar-refractivity contribution in [3.63, 3.8) is 0 Å². The molecule has 2 rings (SSSR count). The van der Waals surface area contributed by atoms with Gasteiger partial charge in [-0.1, -0.05) is 18.9 Å². The molecule has 1 aliphatic carbocycles. The molecule has 1 saturated carbocycles. The first kappa shape index (κ1) is 9.46. The molecule has 0 radical (unpaired) electrons. The summed E-state index contributed by atoms with van der Waals surface area (Å²) in [5, 5.41) is 0. The predicted molar refractivity (Wildman–Crippen MR) is 55.1 cm³/mol. The van der Waals surface area contributed by atoms with Crippen LogP contribution >= 0.6 is 0 Å². The molecule has 76 valence electrons. The van der Waals surface area contributed by atoms with E-state index in [2.05, 4.69) is 4.98 Å². The lowest BCUT2D eigenvalue weighted by Crippen LogP contribution is -2.33. The van der Waals surface area contributed by atoms with Crippen LogP contribution < -0.4 is 10.5 Å². The fourth-order valence-electron chi connectivity index (χ4n) is 2.09. The van der Waals surface area contributed by atoms with Gasteiger partial charge in [0.15, 0.2) is 0 Å². The van der Waals surface area contributed by atoms with Crippen LogP contribution in [0.4, 0.5) is 0 Å². The number of ether oxygens (including phenoxy) is 1. The molecule has 3 heteroatoms. The van der Waals surface area contributed by atoms with Crippen LogP contribution in [0, 0.1) is 0 Å². The van der Waals surface area contributed by atoms with Crippen LogP contribution in [0.25, 0.3) is 0 Å². The van der Waals surface area contributed by atoms with Gasteiger partial charge in [-0.15, -0.1) is 0 Å². The minimum Gasteiger partial charge on any atom is -0.481 e. The van der Waals surface area contributed by atoms with Crippen LogP contribution in [0.1, 0.15) is 31.2 Å². The van der Waals surface area contributed by atoms with E-state index in [0.717, 1.165) is 18.4 Å². The Hall–Kier alpha value is -1.09. The molecule has 1 heterocycles. The summed E-state index contributed by atoms with van der Waals surface area (Å²) in [6.45, 7) is 0. The zero-order valence-corrected chi connectivity index (χ0v) is 8.49. The molecule has 0 spiro atoms. The molecule has 3 nitrogen and oxygen atoms in total. The van der Waals surface area contributed by atoms with E-state index in [1.807, 2.05) is 18.3 Å². The van der Waals surface area contributed by atoms with Crippen molar-refractivity contribution in [1.29, 1.82) is 0 Å². The van der Waals surface area contributed by atoms with Crippen molar-refractivity contribution in [2.45, 2.75) is 31.2 Å². The molecule has 0 amide bonds. The lowest BCUT2D eigenvalue weighted by Gasteiger charge is -2.23. The van der Waals surface area contributed by atoms with E-state index in [9.17, 15) is 0 Å². The topological polar surface area (TPSA) is 48.1 Å². The average Bonchev–Trinajstić information content (AvgIpc) is 2.67. The minimum absolute atomic E-state index is 0.140. The molecular weight excluding hydrogens is 176 g/mol. The molecule has 1 aliphatic rings. The van der Waals surface area contributed by atoms with Gasteiger partial charge >= 0.3 is 0 Å². The number of nitrogens with two attached hydrogens (primary N) is 1. The van der Waals surface area contributed by atoms with Crippen molar-refractivity contribution >= 4 is 0 Å². The third-order valence-corrected chi connectivity index (χ3v) is 3.02. The van der Waals surface area contributed by atoms with Crippen molar-refractivity contribution in [1.82, 2.24) is 4.98 Å². The highest BCUT2D eigenvalue weighted by Crippen LogP contribution is 2.36. The molecule has 14 heavy (non-hydrogen) atoms. The van der Waals surface area contributed by atoms with Gasteiger partial charge in [0.05, 0.1) is 7.11 Å². The van der Waals surface area contributed by atoms with Crippen molar-refractivity contribution in [3.8, 4) is 5.88 Å². The third kappa shape index (κ3) is 1.60. The van der Waals surface area contributed by atoms with Gasteiger partial charge in [-0.2, -0.15) is 0 Å². The van der Waals surface area contributed by atoms with Crippen LogP contribution in [-0.4, -0.2) is 12.1 Å². The molecule has 0 aliphatic heterocycles. The van der Waals surface area contributed by atoms with E-state index in [-0.39, 0.29) is 5.54 Å². The van der Waals surface area contributed by atoms with Gasteiger partial charge in [-0.3, -0.25) is 0 Å². The van der Waals surface area contributed by atoms with Gasteiger partial charge in [-0.05, 0) is 18.4 Å². The van der Waals surface area contributed by atoms with Gasteiger partial charge in [0.2, 0.25) is 5.88 Å². The highest BCUT2D eigenvalue weighted by molar-refractivity contribution is 5.25. The lowest BCUT2D eigenvalue weighted by atomic mass is 9.91. The van der Waals surface area contributed by atoms with Gasteiger partial charge < -0.3 is 10.5 Å². The van der Waals surface area contributed by atoms with Crippen LogP contribution in [-0.2, 0) is 5.54 Å². The molecule has 1 fully saturated rings. The maximum Gasteiger partial charge on any atom is 0.212 e. The first-order valence-corrected chi connectivity index (χ1v) is 5.04. The average molecular weight is 192 g/mol. The van der Waals surface area contributed by atoms with Crippen LogP contribution in [0.5, 0.6) is 5.88 Å². The van der Waals surface area contributed by atoms with Crippen molar-refractivity contribution in [3.05, 3.63) is 23.9 Å². The molecule has 0 saturated heterocycles. The summed E-state index contributed by atoms with van der Waals surface area (Å²) in [4.78, 5) is 4.18. The summed E-state index contributed by atoms with van der Waals surface area (Å²) in [5.41, 5.74) is 7.29. The van der Waals surface area contributed by atoms with Crippen molar-refractivity contribution < 1.29 is 4.74 Å². The largest absolute Gasteiger partial charge is 0.481 e. The molecule has 0 unspecified atom stereocenters. The number of methoxy groups -OCH3 is 1. The first-order valence-electron chi connectivity index (χ1n) is 5.04. The second kappa shape index (κ2) is 3.58. The Bertz CT molecular complexity index is 302. The van der Waals surface area contributed by atoms with Gasteiger partial charge in [0.1, 0.15) is 0 Å². The van der Waals surface area contributed by atoms with E-state index >= 15 is 0 Å².